The Hall–Kier alpha value is -4.21. The molecule has 0 aliphatic heterocycles. The van der Waals surface area contributed by atoms with Crippen LogP contribution >= 0.6 is 0 Å². The predicted molar refractivity (Wildman–Crippen MR) is 73.5 cm³/mol. The molecule has 0 spiro atoms. The molecule has 0 aliphatic carbocycles. The van der Waals surface area contributed by atoms with Crippen molar-refractivity contribution in [2.45, 2.75) is 0 Å². The van der Waals surface area contributed by atoms with Crippen molar-refractivity contribution < 1.29 is 4.92 Å². The molecule has 0 radical (unpaired) electrons. The zero-order valence-corrected chi connectivity index (χ0v) is 10.8. The molecule has 1 rings (SSSR count). The van der Waals surface area contributed by atoms with Gasteiger partial charge in [0.25, 0.3) is 5.69 Å². The summed E-state index contributed by atoms with van der Waals surface area (Å²) in [6.45, 7) is 0. The average Bonchev–Trinajstić information content (AvgIpc) is 2.55. The third-order valence-corrected chi connectivity index (χ3v) is 2.24. The Morgan fingerprint density at radius 3 is 2.05 bits per heavy atom. The first-order chi connectivity index (χ1) is 10.5. The second-order valence-electron chi connectivity index (χ2n) is 3.56. The number of nitro benzene ring substituents is 1. The average molecular weight is 291 g/mol. The van der Waals surface area contributed by atoms with Gasteiger partial charge < -0.3 is 0 Å². The molecule has 0 aliphatic rings. The second-order valence-corrected chi connectivity index (χ2v) is 3.56. The highest BCUT2D eigenvalue weighted by Gasteiger charge is 2.10. The van der Waals surface area contributed by atoms with Gasteiger partial charge in [-0.15, -0.1) is 5.10 Å². The molecule has 22 heavy (non-hydrogen) atoms. The van der Waals surface area contributed by atoms with Gasteiger partial charge >= 0.3 is 0 Å². The van der Waals surface area contributed by atoms with Gasteiger partial charge in [-0.25, -0.2) is 5.01 Å². The fourth-order valence-corrected chi connectivity index (χ4v) is 1.27. The molecule has 0 amide bonds. The lowest BCUT2D eigenvalue weighted by atomic mass is 10.2. The Morgan fingerprint density at radius 2 is 1.64 bits per heavy atom. The first kappa shape index (κ1) is 15.8. The molecule has 9 nitrogen and oxygen atoms in total. The first-order valence-electron chi connectivity index (χ1n) is 5.50. The third-order valence-electron chi connectivity index (χ3n) is 2.24. The smallest absolute Gasteiger partial charge is 0.258 e. The number of hydrogen-bond acceptors (Lipinski definition) is 8. The molecule has 0 bridgehead atoms. The SMILES string of the molecule is N#CC(C#N)=CN(N=C(C#N)C#N)c1ccc([N+](=O)[O-])cc1. The van der Waals surface area contributed by atoms with E-state index in [1.54, 1.807) is 12.1 Å². The lowest BCUT2D eigenvalue weighted by Crippen LogP contribution is -2.11. The van der Waals surface area contributed by atoms with E-state index in [4.69, 9.17) is 21.0 Å². The fraction of sp³-hybridized carbons (Fsp3) is 0. The van der Waals surface area contributed by atoms with Crippen LogP contribution in [0.25, 0.3) is 0 Å². The number of nitrogens with zero attached hydrogens (tertiary/aromatic N) is 7. The van der Waals surface area contributed by atoms with Gasteiger partial charge in [-0.2, -0.15) is 21.0 Å². The van der Waals surface area contributed by atoms with E-state index in [1.165, 1.54) is 36.4 Å². The molecule has 0 saturated heterocycles. The van der Waals surface area contributed by atoms with Gasteiger partial charge in [-0.1, -0.05) is 0 Å². The number of anilines is 1. The minimum Gasteiger partial charge on any atom is -0.258 e. The number of allylic oxidation sites excluding steroid dienone is 1. The summed E-state index contributed by atoms with van der Waals surface area (Å²) in [5.74, 6) is 0. The second kappa shape index (κ2) is 7.40. The Labute approximate surface area is 124 Å². The number of rotatable bonds is 4. The van der Waals surface area contributed by atoms with E-state index in [0.717, 1.165) is 11.2 Å². The van der Waals surface area contributed by atoms with Gasteiger partial charge in [0.1, 0.15) is 29.8 Å². The predicted octanol–water partition coefficient (Wildman–Crippen LogP) is 1.74. The quantitative estimate of drug-likeness (QED) is 0.354. The van der Waals surface area contributed by atoms with Crippen molar-refractivity contribution in [3.63, 3.8) is 0 Å². The molecule has 0 N–H and O–H groups in total. The third kappa shape index (κ3) is 3.89. The lowest BCUT2D eigenvalue weighted by Gasteiger charge is -2.13. The van der Waals surface area contributed by atoms with E-state index in [-0.39, 0.29) is 16.9 Å². The van der Waals surface area contributed by atoms with Crippen LogP contribution in [-0.4, -0.2) is 10.6 Å². The molecule has 9 heteroatoms. The largest absolute Gasteiger partial charge is 0.269 e. The van der Waals surface area contributed by atoms with Gasteiger partial charge in [-0.3, -0.25) is 10.1 Å². The molecular formula is C13H5N7O2. The van der Waals surface area contributed by atoms with Crippen molar-refractivity contribution in [2.24, 2.45) is 5.10 Å². The number of non-ortho nitro benzene ring substituents is 1. The van der Waals surface area contributed by atoms with Crippen molar-refractivity contribution in [3.05, 3.63) is 46.2 Å². The minimum absolute atomic E-state index is 0.168. The summed E-state index contributed by atoms with van der Waals surface area (Å²) in [6.07, 6.45) is 1.01. The van der Waals surface area contributed by atoms with Crippen molar-refractivity contribution >= 4 is 17.1 Å². The summed E-state index contributed by atoms with van der Waals surface area (Å²) in [6, 6.07) is 11.3. The van der Waals surface area contributed by atoms with E-state index in [9.17, 15) is 10.1 Å². The maximum Gasteiger partial charge on any atom is 0.269 e. The zero-order valence-electron chi connectivity index (χ0n) is 10.8. The number of benzene rings is 1. The molecule has 0 unspecified atom stereocenters. The van der Waals surface area contributed by atoms with Crippen LogP contribution < -0.4 is 5.01 Å². The van der Waals surface area contributed by atoms with Gasteiger partial charge in [0.2, 0.25) is 5.71 Å². The van der Waals surface area contributed by atoms with Crippen LogP contribution in [0.15, 0.2) is 41.1 Å². The summed E-state index contributed by atoms with van der Waals surface area (Å²) in [4.78, 5) is 10.0. The van der Waals surface area contributed by atoms with Crippen molar-refractivity contribution in [1.82, 2.24) is 0 Å². The standard InChI is InChI=1S/C13H5N7O2/c14-5-10(6-15)9-19(18-11(7-16)8-17)12-1-3-13(4-2-12)20(21)22/h1-4,9H. The lowest BCUT2D eigenvalue weighted by molar-refractivity contribution is -0.384. The van der Waals surface area contributed by atoms with Crippen LogP contribution in [-0.2, 0) is 0 Å². The van der Waals surface area contributed by atoms with E-state index in [1.807, 2.05) is 0 Å². The maximum atomic E-state index is 10.6. The number of nitro groups is 1. The molecule has 0 fully saturated rings. The molecule has 0 heterocycles. The Bertz CT molecular complexity index is 736. The van der Waals surface area contributed by atoms with E-state index in [2.05, 4.69) is 5.10 Å². The van der Waals surface area contributed by atoms with Crippen molar-refractivity contribution in [1.29, 1.82) is 21.0 Å². The topological polar surface area (TPSA) is 154 Å². The number of hydrogen-bond donors (Lipinski definition) is 0. The van der Waals surface area contributed by atoms with Crippen LogP contribution in [0.4, 0.5) is 11.4 Å². The van der Waals surface area contributed by atoms with Crippen LogP contribution in [0.3, 0.4) is 0 Å². The molecule has 1 aromatic carbocycles. The van der Waals surface area contributed by atoms with Crippen molar-refractivity contribution in [2.75, 3.05) is 5.01 Å². The highest BCUT2D eigenvalue weighted by atomic mass is 16.6. The van der Waals surface area contributed by atoms with Gasteiger partial charge in [0.15, 0.2) is 0 Å². The summed E-state index contributed by atoms with van der Waals surface area (Å²) in [7, 11) is 0. The minimum atomic E-state index is -0.598. The molecule has 0 aromatic heterocycles. The van der Waals surface area contributed by atoms with Gasteiger partial charge in [0, 0.05) is 12.1 Å². The molecule has 104 valence electrons. The van der Waals surface area contributed by atoms with E-state index in [0.29, 0.717) is 0 Å². The Kier molecular flexibility index (Phi) is 5.33. The number of hydrazone groups is 1. The van der Waals surface area contributed by atoms with Gasteiger partial charge in [-0.05, 0) is 12.1 Å². The Morgan fingerprint density at radius 1 is 1.09 bits per heavy atom. The molecular weight excluding hydrogens is 286 g/mol. The Balaban J connectivity index is 3.37. The fourth-order valence-electron chi connectivity index (χ4n) is 1.27. The molecule has 1 aromatic rings. The monoisotopic (exact) mass is 291 g/mol. The van der Waals surface area contributed by atoms with Crippen LogP contribution in [0.1, 0.15) is 0 Å². The highest BCUT2D eigenvalue weighted by Crippen LogP contribution is 2.20. The highest BCUT2D eigenvalue weighted by molar-refractivity contribution is 6.10. The zero-order chi connectivity index (χ0) is 16.5. The molecule has 0 saturated carbocycles. The summed E-state index contributed by atoms with van der Waals surface area (Å²) >= 11 is 0. The normalized spacial score (nSPS) is 8.18. The van der Waals surface area contributed by atoms with Gasteiger partial charge in [0.05, 0.1) is 16.8 Å². The van der Waals surface area contributed by atoms with E-state index < -0.39 is 10.6 Å². The number of nitriles is 4. The van der Waals surface area contributed by atoms with Crippen LogP contribution in [0.5, 0.6) is 0 Å². The summed E-state index contributed by atoms with van der Waals surface area (Å²) in [5, 5.41) is 50.2. The maximum absolute atomic E-state index is 10.6. The summed E-state index contributed by atoms with van der Waals surface area (Å²) < 4.78 is 0. The van der Waals surface area contributed by atoms with Crippen molar-refractivity contribution in [3.8, 4) is 24.3 Å². The summed E-state index contributed by atoms with van der Waals surface area (Å²) in [5.41, 5.74) is -0.767. The molecule has 0 atom stereocenters. The van der Waals surface area contributed by atoms with Crippen LogP contribution in [0, 0.1) is 55.4 Å². The van der Waals surface area contributed by atoms with E-state index >= 15 is 0 Å². The van der Waals surface area contributed by atoms with Crippen LogP contribution in [0.2, 0.25) is 0 Å². The first-order valence-corrected chi connectivity index (χ1v) is 5.50.